The maximum absolute atomic E-state index is 5.71. The van der Waals surface area contributed by atoms with Crippen molar-refractivity contribution in [3.8, 4) is 0 Å². The Labute approximate surface area is 87.9 Å². The molecule has 1 aromatic heterocycles. The zero-order valence-electron chi connectivity index (χ0n) is 7.37. The first-order valence-corrected chi connectivity index (χ1v) is 5.88. The summed E-state index contributed by atoms with van der Waals surface area (Å²) in [5.74, 6) is 0. The summed E-state index contributed by atoms with van der Waals surface area (Å²) < 4.78 is 0. The van der Waals surface area contributed by atoms with E-state index in [1.54, 1.807) is 0 Å². The zero-order chi connectivity index (χ0) is 9.10. The van der Waals surface area contributed by atoms with Crippen LogP contribution in [0.25, 0.3) is 0 Å². The van der Waals surface area contributed by atoms with E-state index < -0.39 is 0 Å². The van der Waals surface area contributed by atoms with E-state index in [0.29, 0.717) is 5.15 Å². The molecule has 1 heterocycles. The van der Waals surface area contributed by atoms with E-state index in [1.807, 2.05) is 24.0 Å². The molecule has 1 saturated carbocycles. The fraction of sp³-hybridized carbons (Fsp3) is 0.500. The normalized spacial score (nSPS) is 17.9. The molecule has 0 radical (unpaired) electrons. The van der Waals surface area contributed by atoms with Crippen molar-refractivity contribution in [2.75, 3.05) is 0 Å². The van der Waals surface area contributed by atoms with Gasteiger partial charge >= 0.3 is 0 Å². The van der Waals surface area contributed by atoms with E-state index in [-0.39, 0.29) is 0 Å². The third-order valence-electron chi connectivity index (χ3n) is 2.31. The van der Waals surface area contributed by atoms with Crippen molar-refractivity contribution >= 4 is 23.4 Å². The minimum absolute atomic E-state index is 0.579. The highest BCUT2D eigenvalue weighted by Gasteiger charge is 2.15. The maximum atomic E-state index is 5.71. The van der Waals surface area contributed by atoms with Crippen LogP contribution in [0.2, 0.25) is 5.15 Å². The maximum Gasteiger partial charge on any atom is 0.129 e. The van der Waals surface area contributed by atoms with Crippen molar-refractivity contribution < 1.29 is 0 Å². The Morgan fingerprint density at radius 2 is 2.08 bits per heavy atom. The molecule has 13 heavy (non-hydrogen) atoms. The van der Waals surface area contributed by atoms with Crippen LogP contribution in [0.5, 0.6) is 0 Å². The van der Waals surface area contributed by atoms with Crippen LogP contribution in [0.4, 0.5) is 0 Å². The lowest BCUT2D eigenvalue weighted by Gasteiger charge is -2.07. The second kappa shape index (κ2) is 4.34. The standard InChI is InChI=1S/C10H12ClNS/c11-10-6-5-9(7-12-10)13-8-3-1-2-4-8/h5-8H,1-4H2. The predicted molar refractivity (Wildman–Crippen MR) is 57.4 cm³/mol. The lowest BCUT2D eigenvalue weighted by Crippen LogP contribution is -1.93. The Kier molecular flexibility index (Phi) is 3.12. The molecule has 1 aliphatic carbocycles. The van der Waals surface area contributed by atoms with Gasteiger partial charge in [0.05, 0.1) is 0 Å². The summed E-state index contributed by atoms with van der Waals surface area (Å²) in [6.07, 6.45) is 7.35. The van der Waals surface area contributed by atoms with Gasteiger partial charge in [-0.05, 0) is 25.0 Å². The van der Waals surface area contributed by atoms with Crippen molar-refractivity contribution in [3.63, 3.8) is 0 Å². The molecule has 1 fully saturated rings. The van der Waals surface area contributed by atoms with Crippen LogP contribution in [-0.4, -0.2) is 10.2 Å². The molecule has 0 unspecified atom stereocenters. The van der Waals surface area contributed by atoms with Gasteiger partial charge in [-0.2, -0.15) is 0 Å². The first-order chi connectivity index (χ1) is 6.34. The Morgan fingerprint density at radius 1 is 1.31 bits per heavy atom. The molecular weight excluding hydrogens is 202 g/mol. The van der Waals surface area contributed by atoms with Gasteiger partial charge in [0.2, 0.25) is 0 Å². The average molecular weight is 214 g/mol. The SMILES string of the molecule is Clc1ccc(SC2CCCC2)cn1. The molecule has 1 nitrogen and oxygen atoms in total. The fourth-order valence-corrected chi connectivity index (χ4v) is 2.96. The number of hydrogen-bond donors (Lipinski definition) is 0. The van der Waals surface area contributed by atoms with Gasteiger partial charge in [-0.15, -0.1) is 11.8 Å². The van der Waals surface area contributed by atoms with Crippen molar-refractivity contribution in [1.82, 2.24) is 4.98 Å². The van der Waals surface area contributed by atoms with Gasteiger partial charge < -0.3 is 0 Å². The number of halogens is 1. The first kappa shape index (κ1) is 9.35. The molecular formula is C10H12ClNS. The van der Waals surface area contributed by atoms with E-state index in [9.17, 15) is 0 Å². The van der Waals surface area contributed by atoms with Crippen LogP contribution < -0.4 is 0 Å². The second-order valence-corrected chi connectivity index (χ2v) is 5.10. The zero-order valence-corrected chi connectivity index (χ0v) is 8.94. The molecule has 3 heteroatoms. The number of pyridine rings is 1. The quantitative estimate of drug-likeness (QED) is 0.694. The topological polar surface area (TPSA) is 12.9 Å². The van der Waals surface area contributed by atoms with Crippen LogP contribution in [-0.2, 0) is 0 Å². The summed E-state index contributed by atoms with van der Waals surface area (Å²) >= 11 is 7.65. The first-order valence-electron chi connectivity index (χ1n) is 4.63. The van der Waals surface area contributed by atoms with Gasteiger partial charge in [-0.3, -0.25) is 0 Å². The van der Waals surface area contributed by atoms with E-state index in [2.05, 4.69) is 11.1 Å². The molecule has 1 aromatic rings. The van der Waals surface area contributed by atoms with E-state index in [0.717, 1.165) is 5.25 Å². The molecule has 0 amide bonds. The highest BCUT2D eigenvalue weighted by molar-refractivity contribution is 8.00. The van der Waals surface area contributed by atoms with Crippen LogP contribution in [0.15, 0.2) is 23.2 Å². The van der Waals surface area contributed by atoms with Crippen LogP contribution >= 0.6 is 23.4 Å². The Morgan fingerprint density at radius 3 is 2.69 bits per heavy atom. The van der Waals surface area contributed by atoms with Gasteiger partial charge in [-0.25, -0.2) is 4.98 Å². The predicted octanol–water partition coefficient (Wildman–Crippen LogP) is 3.77. The summed E-state index contributed by atoms with van der Waals surface area (Å²) in [5.41, 5.74) is 0. The summed E-state index contributed by atoms with van der Waals surface area (Å²) in [5, 5.41) is 1.39. The third-order valence-corrected chi connectivity index (χ3v) is 3.85. The lowest BCUT2D eigenvalue weighted by molar-refractivity contribution is 0.886. The smallest absolute Gasteiger partial charge is 0.129 e. The van der Waals surface area contributed by atoms with Crippen LogP contribution in [0.3, 0.4) is 0 Å². The van der Waals surface area contributed by atoms with Gasteiger partial charge in [0.25, 0.3) is 0 Å². The van der Waals surface area contributed by atoms with E-state index in [1.165, 1.54) is 30.6 Å². The number of hydrogen-bond acceptors (Lipinski definition) is 2. The fourth-order valence-electron chi connectivity index (χ4n) is 1.63. The molecule has 70 valence electrons. The van der Waals surface area contributed by atoms with E-state index in [4.69, 9.17) is 11.6 Å². The molecule has 1 aliphatic rings. The lowest BCUT2D eigenvalue weighted by atomic mass is 10.4. The number of thioether (sulfide) groups is 1. The molecule has 2 rings (SSSR count). The summed E-state index contributed by atoms with van der Waals surface area (Å²) in [7, 11) is 0. The molecule has 0 N–H and O–H groups in total. The average Bonchev–Trinajstić information content (AvgIpc) is 2.62. The van der Waals surface area contributed by atoms with Crippen LogP contribution in [0.1, 0.15) is 25.7 Å². The number of rotatable bonds is 2. The van der Waals surface area contributed by atoms with Crippen molar-refractivity contribution in [3.05, 3.63) is 23.5 Å². The number of aromatic nitrogens is 1. The largest absolute Gasteiger partial charge is 0.243 e. The minimum Gasteiger partial charge on any atom is -0.243 e. The van der Waals surface area contributed by atoms with Crippen LogP contribution in [0, 0.1) is 0 Å². The summed E-state index contributed by atoms with van der Waals surface area (Å²) in [6, 6.07) is 3.91. The molecule has 0 aromatic carbocycles. The molecule has 0 aliphatic heterocycles. The highest BCUT2D eigenvalue weighted by atomic mass is 35.5. The molecule has 0 saturated heterocycles. The minimum atomic E-state index is 0.579. The second-order valence-electron chi connectivity index (χ2n) is 3.34. The molecule has 0 atom stereocenters. The highest BCUT2D eigenvalue weighted by Crippen LogP contribution is 2.34. The van der Waals surface area contributed by atoms with E-state index >= 15 is 0 Å². The monoisotopic (exact) mass is 213 g/mol. The van der Waals surface area contributed by atoms with Gasteiger partial charge in [-0.1, -0.05) is 24.4 Å². The Bertz CT molecular complexity index is 267. The molecule has 0 bridgehead atoms. The number of nitrogens with zero attached hydrogens (tertiary/aromatic N) is 1. The Hall–Kier alpha value is -0.210. The van der Waals surface area contributed by atoms with Gasteiger partial charge in [0, 0.05) is 16.3 Å². The summed E-state index contributed by atoms with van der Waals surface area (Å²) in [4.78, 5) is 5.31. The third kappa shape index (κ3) is 2.61. The summed E-state index contributed by atoms with van der Waals surface area (Å²) in [6.45, 7) is 0. The van der Waals surface area contributed by atoms with Crippen molar-refractivity contribution in [1.29, 1.82) is 0 Å². The van der Waals surface area contributed by atoms with Gasteiger partial charge in [0.1, 0.15) is 5.15 Å². The van der Waals surface area contributed by atoms with Crippen molar-refractivity contribution in [2.45, 2.75) is 35.8 Å². The molecule has 0 spiro atoms. The van der Waals surface area contributed by atoms with Gasteiger partial charge in [0.15, 0.2) is 0 Å². The van der Waals surface area contributed by atoms with Crippen molar-refractivity contribution in [2.24, 2.45) is 0 Å². The Balaban J connectivity index is 1.97.